The van der Waals surface area contributed by atoms with Gasteiger partial charge in [0.2, 0.25) is 0 Å². The number of benzene rings is 1. The standard InChI is InChI=1S/C13H8BrNO2/c14-8-5-9(17-7-8)6-11-10-3-1-2-4-12(10)15-13(11)16/h1-7H,(H,15,16)/b11-6+. The number of carbonyl (C=O) groups excluding carboxylic acids is 1. The van der Waals surface area contributed by atoms with Gasteiger partial charge < -0.3 is 9.73 Å². The minimum absolute atomic E-state index is 0.0984. The van der Waals surface area contributed by atoms with Crippen molar-refractivity contribution in [2.45, 2.75) is 0 Å². The zero-order chi connectivity index (χ0) is 11.8. The summed E-state index contributed by atoms with van der Waals surface area (Å²) < 4.78 is 6.14. The molecule has 1 aromatic heterocycles. The van der Waals surface area contributed by atoms with Crippen LogP contribution in [-0.2, 0) is 4.79 Å². The van der Waals surface area contributed by atoms with E-state index >= 15 is 0 Å². The largest absolute Gasteiger partial charge is 0.464 e. The van der Waals surface area contributed by atoms with Crippen LogP contribution in [0.4, 0.5) is 5.69 Å². The monoisotopic (exact) mass is 289 g/mol. The lowest BCUT2D eigenvalue weighted by molar-refractivity contribution is -0.110. The first-order valence-electron chi connectivity index (χ1n) is 5.10. The van der Waals surface area contributed by atoms with Gasteiger partial charge in [0, 0.05) is 11.3 Å². The van der Waals surface area contributed by atoms with Crippen molar-refractivity contribution < 1.29 is 9.21 Å². The maximum absolute atomic E-state index is 11.8. The highest BCUT2D eigenvalue weighted by atomic mass is 79.9. The van der Waals surface area contributed by atoms with Crippen LogP contribution in [0.1, 0.15) is 11.3 Å². The maximum Gasteiger partial charge on any atom is 0.256 e. The van der Waals surface area contributed by atoms with Crippen molar-refractivity contribution in [3.05, 3.63) is 52.4 Å². The molecular weight excluding hydrogens is 282 g/mol. The van der Waals surface area contributed by atoms with Crippen LogP contribution in [0.5, 0.6) is 0 Å². The normalized spacial score (nSPS) is 16.1. The number of rotatable bonds is 1. The predicted octanol–water partition coefficient (Wildman–Crippen LogP) is 3.53. The third-order valence-corrected chi connectivity index (χ3v) is 3.00. The van der Waals surface area contributed by atoms with Crippen molar-refractivity contribution in [3.63, 3.8) is 0 Å². The number of hydrogen-bond acceptors (Lipinski definition) is 2. The number of nitrogens with one attached hydrogen (secondary N) is 1. The molecule has 1 aliphatic heterocycles. The molecule has 2 heterocycles. The molecule has 1 N–H and O–H groups in total. The molecule has 2 aromatic rings. The van der Waals surface area contributed by atoms with E-state index in [0.29, 0.717) is 11.3 Å². The van der Waals surface area contributed by atoms with Crippen molar-refractivity contribution in [3.8, 4) is 0 Å². The first kappa shape index (κ1) is 10.4. The summed E-state index contributed by atoms with van der Waals surface area (Å²) in [6, 6.07) is 9.42. The summed E-state index contributed by atoms with van der Waals surface area (Å²) in [5.41, 5.74) is 2.38. The summed E-state index contributed by atoms with van der Waals surface area (Å²) in [6.45, 7) is 0. The summed E-state index contributed by atoms with van der Waals surface area (Å²) in [7, 11) is 0. The number of anilines is 1. The minimum Gasteiger partial charge on any atom is -0.464 e. The van der Waals surface area contributed by atoms with Gasteiger partial charge in [0.15, 0.2) is 0 Å². The third kappa shape index (κ3) is 1.80. The van der Waals surface area contributed by atoms with Crippen molar-refractivity contribution in [1.82, 2.24) is 0 Å². The highest BCUT2D eigenvalue weighted by Gasteiger charge is 2.23. The van der Waals surface area contributed by atoms with Gasteiger partial charge in [-0.3, -0.25) is 4.79 Å². The Labute approximate surface area is 106 Å². The second-order valence-corrected chi connectivity index (χ2v) is 4.64. The van der Waals surface area contributed by atoms with E-state index in [1.165, 1.54) is 0 Å². The topological polar surface area (TPSA) is 42.2 Å². The number of para-hydroxylation sites is 1. The van der Waals surface area contributed by atoms with E-state index in [9.17, 15) is 4.79 Å². The molecule has 1 amide bonds. The van der Waals surface area contributed by atoms with Gasteiger partial charge >= 0.3 is 0 Å². The fourth-order valence-corrected chi connectivity index (χ4v) is 2.15. The van der Waals surface area contributed by atoms with E-state index in [-0.39, 0.29) is 5.91 Å². The number of hydrogen-bond donors (Lipinski definition) is 1. The summed E-state index contributed by atoms with van der Waals surface area (Å²) in [5.74, 6) is 0.553. The molecule has 0 saturated heterocycles. The molecule has 3 rings (SSSR count). The van der Waals surface area contributed by atoms with Gasteiger partial charge in [0.05, 0.1) is 10.0 Å². The van der Waals surface area contributed by atoms with Crippen molar-refractivity contribution in [2.75, 3.05) is 5.32 Å². The van der Waals surface area contributed by atoms with Gasteiger partial charge in [-0.2, -0.15) is 0 Å². The smallest absolute Gasteiger partial charge is 0.256 e. The molecule has 0 atom stereocenters. The highest BCUT2D eigenvalue weighted by molar-refractivity contribution is 9.10. The van der Waals surface area contributed by atoms with Crippen LogP contribution < -0.4 is 5.32 Å². The Morgan fingerprint density at radius 3 is 2.88 bits per heavy atom. The molecule has 0 spiro atoms. The second-order valence-electron chi connectivity index (χ2n) is 3.73. The summed E-state index contributed by atoms with van der Waals surface area (Å²) in [5, 5.41) is 2.81. The highest BCUT2D eigenvalue weighted by Crippen LogP contribution is 2.33. The Balaban J connectivity index is 2.09. The van der Waals surface area contributed by atoms with E-state index in [2.05, 4.69) is 21.2 Å². The molecule has 0 radical (unpaired) electrons. The fraction of sp³-hybridized carbons (Fsp3) is 0. The van der Waals surface area contributed by atoms with Crippen LogP contribution in [0.2, 0.25) is 0 Å². The lowest BCUT2D eigenvalue weighted by Crippen LogP contribution is -2.03. The number of carbonyl (C=O) groups is 1. The first-order valence-corrected chi connectivity index (χ1v) is 5.90. The molecular formula is C13H8BrNO2. The summed E-state index contributed by atoms with van der Waals surface area (Å²) >= 11 is 3.30. The van der Waals surface area contributed by atoms with Crippen LogP contribution in [-0.4, -0.2) is 5.91 Å². The lowest BCUT2D eigenvalue weighted by Gasteiger charge is -1.95. The molecule has 1 aliphatic rings. The van der Waals surface area contributed by atoms with E-state index in [1.54, 1.807) is 12.3 Å². The van der Waals surface area contributed by atoms with Gasteiger partial charge in [-0.1, -0.05) is 18.2 Å². The van der Waals surface area contributed by atoms with Crippen LogP contribution in [0.25, 0.3) is 11.6 Å². The van der Waals surface area contributed by atoms with Gasteiger partial charge in [0.25, 0.3) is 5.91 Å². The maximum atomic E-state index is 11.8. The average molecular weight is 290 g/mol. The number of fused-ring (bicyclic) bond motifs is 1. The Hall–Kier alpha value is -1.81. The predicted molar refractivity (Wildman–Crippen MR) is 69.4 cm³/mol. The van der Waals surface area contributed by atoms with E-state index in [4.69, 9.17) is 4.42 Å². The molecule has 17 heavy (non-hydrogen) atoms. The number of amides is 1. The number of furan rings is 1. The van der Waals surface area contributed by atoms with E-state index < -0.39 is 0 Å². The quantitative estimate of drug-likeness (QED) is 0.816. The van der Waals surface area contributed by atoms with Crippen LogP contribution in [0.15, 0.2) is 45.5 Å². The molecule has 0 unspecified atom stereocenters. The number of halogens is 1. The molecule has 4 heteroatoms. The summed E-state index contributed by atoms with van der Waals surface area (Å²) in [6.07, 6.45) is 3.33. The fourth-order valence-electron chi connectivity index (χ4n) is 1.83. The minimum atomic E-state index is -0.0984. The van der Waals surface area contributed by atoms with Gasteiger partial charge in [-0.25, -0.2) is 0 Å². The van der Waals surface area contributed by atoms with Crippen LogP contribution >= 0.6 is 15.9 Å². The van der Waals surface area contributed by atoms with E-state index in [1.807, 2.05) is 30.3 Å². The molecule has 84 valence electrons. The van der Waals surface area contributed by atoms with Crippen LogP contribution in [0.3, 0.4) is 0 Å². The van der Waals surface area contributed by atoms with Crippen LogP contribution in [0, 0.1) is 0 Å². The molecule has 0 saturated carbocycles. The molecule has 0 aliphatic carbocycles. The first-order chi connectivity index (χ1) is 8.24. The summed E-state index contributed by atoms with van der Waals surface area (Å²) in [4.78, 5) is 11.8. The van der Waals surface area contributed by atoms with Crippen molar-refractivity contribution in [1.29, 1.82) is 0 Å². The zero-order valence-electron chi connectivity index (χ0n) is 8.74. The van der Waals surface area contributed by atoms with Gasteiger partial charge in [0.1, 0.15) is 12.0 Å². The Morgan fingerprint density at radius 1 is 1.29 bits per heavy atom. The van der Waals surface area contributed by atoms with Gasteiger partial charge in [-0.05, 0) is 34.1 Å². The SMILES string of the molecule is O=C1Nc2ccccc2/C1=C\c1cc(Br)co1. The Morgan fingerprint density at radius 2 is 2.12 bits per heavy atom. The zero-order valence-corrected chi connectivity index (χ0v) is 10.3. The third-order valence-electron chi connectivity index (χ3n) is 2.58. The van der Waals surface area contributed by atoms with E-state index in [0.717, 1.165) is 15.7 Å². The molecule has 1 aromatic carbocycles. The van der Waals surface area contributed by atoms with Crippen molar-refractivity contribution >= 4 is 39.2 Å². The second kappa shape index (κ2) is 3.89. The Kier molecular flexibility index (Phi) is 2.37. The van der Waals surface area contributed by atoms with Crippen molar-refractivity contribution in [2.24, 2.45) is 0 Å². The Bertz CT molecular complexity index is 628. The molecule has 3 nitrogen and oxygen atoms in total. The average Bonchev–Trinajstić information content (AvgIpc) is 2.85. The molecule has 0 fully saturated rings. The lowest BCUT2D eigenvalue weighted by atomic mass is 10.1. The molecule has 0 bridgehead atoms. The van der Waals surface area contributed by atoms with Gasteiger partial charge in [-0.15, -0.1) is 0 Å².